The summed E-state index contributed by atoms with van der Waals surface area (Å²) in [7, 11) is 0. The number of nitrogens with one attached hydrogen (secondary N) is 2. The molecule has 19 heavy (non-hydrogen) atoms. The van der Waals surface area contributed by atoms with Crippen molar-refractivity contribution in [3.05, 3.63) is 0 Å². The molecule has 0 bridgehead atoms. The summed E-state index contributed by atoms with van der Waals surface area (Å²) >= 11 is 0. The SMILES string of the molecule is CCC(F)CN1CCC[C@@H](NC(=O)NC(C)(C)C)C1. The van der Waals surface area contributed by atoms with Crippen LogP contribution in [0.3, 0.4) is 0 Å². The fourth-order valence-electron chi connectivity index (χ4n) is 2.31. The topological polar surface area (TPSA) is 44.4 Å². The van der Waals surface area contributed by atoms with E-state index < -0.39 is 6.17 Å². The average Bonchev–Trinajstić information content (AvgIpc) is 2.26. The van der Waals surface area contributed by atoms with Gasteiger partial charge >= 0.3 is 6.03 Å². The Balaban J connectivity index is 2.36. The monoisotopic (exact) mass is 273 g/mol. The Hall–Kier alpha value is -0.840. The summed E-state index contributed by atoms with van der Waals surface area (Å²) in [6, 6.07) is -0.00760. The Labute approximate surface area is 116 Å². The second kappa shape index (κ2) is 7.08. The molecule has 0 aromatic heterocycles. The van der Waals surface area contributed by atoms with E-state index in [1.165, 1.54) is 0 Å². The minimum Gasteiger partial charge on any atom is -0.334 e. The summed E-state index contributed by atoms with van der Waals surface area (Å²) < 4.78 is 13.4. The number of likely N-dealkylation sites (tertiary alicyclic amines) is 1. The molecule has 1 fully saturated rings. The van der Waals surface area contributed by atoms with Crippen LogP contribution in [0.15, 0.2) is 0 Å². The minimum atomic E-state index is -0.762. The van der Waals surface area contributed by atoms with Crippen LogP contribution in [0, 0.1) is 0 Å². The second-order valence-electron chi connectivity index (χ2n) is 6.45. The molecule has 2 amide bonds. The Morgan fingerprint density at radius 2 is 2.16 bits per heavy atom. The van der Waals surface area contributed by atoms with Crippen LogP contribution in [-0.2, 0) is 0 Å². The number of rotatable bonds is 4. The van der Waals surface area contributed by atoms with Crippen molar-refractivity contribution >= 4 is 6.03 Å². The molecule has 0 aliphatic carbocycles. The highest BCUT2D eigenvalue weighted by Gasteiger charge is 2.24. The molecule has 1 aliphatic rings. The van der Waals surface area contributed by atoms with Crippen LogP contribution in [-0.4, -0.2) is 48.3 Å². The van der Waals surface area contributed by atoms with E-state index in [1.807, 2.05) is 27.7 Å². The molecule has 112 valence electrons. The minimum absolute atomic E-state index is 0.125. The maximum Gasteiger partial charge on any atom is 0.315 e. The van der Waals surface area contributed by atoms with Gasteiger partial charge in [0.05, 0.1) is 0 Å². The number of piperidine rings is 1. The lowest BCUT2D eigenvalue weighted by atomic mass is 10.1. The first-order valence-corrected chi connectivity index (χ1v) is 7.25. The lowest BCUT2D eigenvalue weighted by Gasteiger charge is -2.34. The number of alkyl halides is 1. The quantitative estimate of drug-likeness (QED) is 0.825. The largest absolute Gasteiger partial charge is 0.334 e. The van der Waals surface area contributed by atoms with Crippen molar-refractivity contribution in [1.82, 2.24) is 15.5 Å². The van der Waals surface area contributed by atoms with Crippen LogP contribution >= 0.6 is 0 Å². The summed E-state index contributed by atoms with van der Waals surface area (Å²) in [5.74, 6) is 0. The third kappa shape index (κ3) is 6.76. The molecule has 2 atom stereocenters. The van der Waals surface area contributed by atoms with E-state index in [1.54, 1.807) is 0 Å². The molecule has 1 aliphatic heterocycles. The number of hydrogen-bond donors (Lipinski definition) is 2. The van der Waals surface area contributed by atoms with Crippen LogP contribution in [0.5, 0.6) is 0 Å². The highest BCUT2D eigenvalue weighted by Crippen LogP contribution is 2.12. The Kier molecular flexibility index (Phi) is 6.04. The van der Waals surface area contributed by atoms with Crippen molar-refractivity contribution in [2.75, 3.05) is 19.6 Å². The van der Waals surface area contributed by atoms with Crippen molar-refractivity contribution in [1.29, 1.82) is 0 Å². The highest BCUT2D eigenvalue weighted by atomic mass is 19.1. The van der Waals surface area contributed by atoms with Gasteiger partial charge in [0.25, 0.3) is 0 Å². The molecule has 1 unspecified atom stereocenters. The third-order valence-corrected chi connectivity index (χ3v) is 3.23. The number of carbonyl (C=O) groups is 1. The van der Waals surface area contributed by atoms with Crippen LogP contribution < -0.4 is 10.6 Å². The third-order valence-electron chi connectivity index (χ3n) is 3.23. The van der Waals surface area contributed by atoms with Gasteiger partial charge in [0.15, 0.2) is 0 Å². The maximum atomic E-state index is 13.4. The summed E-state index contributed by atoms with van der Waals surface area (Å²) in [4.78, 5) is 13.9. The second-order valence-corrected chi connectivity index (χ2v) is 6.45. The maximum absolute atomic E-state index is 13.4. The van der Waals surface area contributed by atoms with E-state index in [4.69, 9.17) is 0 Å². The summed E-state index contributed by atoms with van der Waals surface area (Å²) in [5, 5.41) is 5.87. The van der Waals surface area contributed by atoms with Gasteiger partial charge in [0.1, 0.15) is 6.17 Å². The van der Waals surface area contributed by atoms with Gasteiger partial charge in [0.2, 0.25) is 0 Å². The molecule has 0 aromatic carbocycles. The zero-order chi connectivity index (χ0) is 14.5. The van der Waals surface area contributed by atoms with Crippen molar-refractivity contribution in [2.24, 2.45) is 0 Å². The molecule has 4 nitrogen and oxygen atoms in total. The molecule has 0 radical (unpaired) electrons. The van der Waals surface area contributed by atoms with Gasteiger partial charge < -0.3 is 10.6 Å². The van der Waals surface area contributed by atoms with Gasteiger partial charge in [-0.3, -0.25) is 4.90 Å². The van der Waals surface area contributed by atoms with Crippen molar-refractivity contribution in [3.63, 3.8) is 0 Å². The smallest absolute Gasteiger partial charge is 0.315 e. The molecule has 2 N–H and O–H groups in total. The number of nitrogens with zero attached hydrogens (tertiary/aromatic N) is 1. The fraction of sp³-hybridized carbons (Fsp3) is 0.929. The van der Waals surface area contributed by atoms with Gasteiger partial charge in [-0.2, -0.15) is 0 Å². The Bertz CT molecular complexity index is 291. The molecule has 0 aromatic rings. The van der Waals surface area contributed by atoms with Crippen molar-refractivity contribution in [2.45, 2.75) is 64.7 Å². The molecule has 5 heteroatoms. The summed E-state index contributed by atoms with van der Waals surface area (Å²) in [5.41, 5.74) is -0.231. The molecule has 0 spiro atoms. The highest BCUT2D eigenvalue weighted by molar-refractivity contribution is 5.75. The van der Waals surface area contributed by atoms with E-state index in [0.717, 1.165) is 25.9 Å². The van der Waals surface area contributed by atoms with Crippen LogP contribution in [0.1, 0.15) is 47.0 Å². The van der Waals surface area contributed by atoms with E-state index in [2.05, 4.69) is 15.5 Å². The van der Waals surface area contributed by atoms with E-state index in [0.29, 0.717) is 13.0 Å². The van der Waals surface area contributed by atoms with E-state index in [9.17, 15) is 9.18 Å². The molecular weight excluding hydrogens is 245 g/mol. The molecule has 1 saturated heterocycles. The first kappa shape index (κ1) is 16.2. The van der Waals surface area contributed by atoms with Gasteiger partial charge in [-0.25, -0.2) is 9.18 Å². The summed E-state index contributed by atoms with van der Waals surface area (Å²) in [6.45, 7) is 9.88. The van der Waals surface area contributed by atoms with E-state index >= 15 is 0 Å². The summed E-state index contributed by atoms with van der Waals surface area (Å²) in [6.07, 6.45) is 1.77. The average molecular weight is 273 g/mol. The zero-order valence-electron chi connectivity index (χ0n) is 12.6. The predicted octanol–water partition coefficient (Wildman–Crippen LogP) is 2.30. The number of amides is 2. The molecular formula is C14H28FN3O. The van der Waals surface area contributed by atoms with Crippen molar-refractivity contribution in [3.8, 4) is 0 Å². The van der Waals surface area contributed by atoms with Crippen molar-refractivity contribution < 1.29 is 9.18 Å². The van der Waals surface area contributed by atoms with Crippen LogP contribution in [0.4, 0.5) is 9.18 Å². The lowest BCUT2D eigenvalue weighted by molar-refractivity contribution is 0.142. The predicted molar refractivity (Wildman–Crippen MR) is 76.1 cm³/mol. The number of urea groups is 1. The first-order valence-electron chi connectivity index (χ1n) is 7.25. The number of hydrogen-bond acceptors (Lipinski definition) is 2. The standard InChI is InChI=1S/C14H28FN3O/c1-5-11(15)9-18-8-6-7-12(10-18)16-13(19)17-14(2,3)4/h11-12H,5-10H2,1-4H3,(H2,16,17,19)/t11?,12-/m1/s1. The van der Waals surface area contributed by atoms with Gasteiger partial charge in [-0.05, 0) is 46.6 Å². The van der Waals surface area contributed by atoms with Gasteiger partial charge in [0, 0.05) is 24.7 Å². The number of halogens is 1. The molecule has 0 saturated carbocycles. The van der Waals surface area contributed by atoms with Gasteiger partial charge in [-0.1, -0.05) is 6.92 Å². The van der Waals surface area contributed by atoms with Crippen LogP contribution in [0.25, 0.3) is 0 Å². The van der Waals surface area contributed by atoms with Gasteiger partial charge in [-0.15, -0.1) is 0 Å². The Morgan fingerprint density at radius 3 is 2.74 bits per heavy atom. The fourth-order valence-corrected chi connectivity index (χ4v) is 2.31. The lowest BCUT2D eigenvalue weighted by Crippen LogP contribution is -2.54. The van der Waals surface area contributed by atoms with Crippen LogP contribution in [0.2, 0.25) is 0 Å². The van der Waals surface area contributed by atoms with E-state index in [-0.39, 0.29) is 17.6 Å². The molecule has 1 rings (SSSR count). The first-order chi connectivity index (χ1) is 8.80. The normalized spacial score (nSPS) is 22.9. The number of carbonyl (C=O) groups excluding carboxylic acids is 1. The molecule has 1 heterocycles. The zero-order valence-corrected chi connectivity index (χ0v) is 12.6. The Morgan fingerprint density at radius 1 is 1.47 bits per heavy atom.